The van der Waals surface area contributed by atoms with Crippen LogP contribution in [0.4, 0.5) is 20.3 Å². The zero-order valence-electron chi connectivity index (χ0n) is 10.5. The summed E-state index contributed by atoms with van der Waals surface area (Å²) in [5, 5.41) is 11.0. The van der Waals surface area contributed by atoms with Crippen molar-refractivity contribution in [3.05, 3.63) is 49.7 Å². The number of nitrogens with one attached hydrogen (secondary N) is 1. The first-order valence-electron chi connectivity index (χ1n) is 5.61. The highest BCUT2D eigenvalue weighted by molar-refractivity contribution is 14.1. The van der Waals surface area contributed by atoms with Crippen molar-refractivity contribution in [1.82, 2.24) is 4.98 Å². The zero-order chi connectivity index (χ0) is 15.7. The average molecular weight is 425 g/mol. The molecule has 1 aromatic carbocycles. The Hall–Kier alpha value is -1.48. The molecule has 1 heterocycles. The minimum atomic E-state index is -1.43. The highest BCUT2D eigenvalue weighted by atomic mass is 127. The molecule has 0 bridgehead atoms. The number of carbonyl (C=O) groups is 1. The van der Waals surface area contributed by atoms with Gasteiger partial charge in [-0.2, -0.15) is 0 Å². The monoisotopic (exact) mass is 424 g/mol. The van der Waals surface area contributed by atoms with Crippen molar-refractivity contribution >= 4 is 51.7 Å². The smallest absolute Gasteiger partial charge is 0.337 e. The van der Waals surface area contributed by atoms with Crippen molar-refractivity contribution in [1.29, 1.82) is 0 Å². The summed E-state index contributed by atoms with van der Waals surface area (Å²) in [5.41, 5.74) is -0.130. The van der Waals surface area contributed by atoms with Gasteiger partial charge in [-0.15, -0.1) is 0 Å². The molecule has 8 heteroatoms. The summed E-state index contributed by atoms with van der Waals surface area (Å²) in [6.45, 7) is 1.81. The normalized spacial score (nSPS) is 10.5. The Bertz CT molecular complexity index is 741. The highest BCUT2D eigenvalue weighted by Crippen LogP contribution is 2.31. The van der Waals surface area contributed by atoms with Crippen molar-refractivity contribution in [2.24, 2.45) is 0 Å². The van der Waals surface area contributed by atoms with E-state index < -0.39 is 33.9 Å². The Morgan fingerprint density at radius 2 is 2.05 bits per heavy atom. The molecule has 21 heavy (non-hydrogen) atoms. The molecule has 0 amide bonds. The first kappa shape index (κ1) is 15.9. The maximum Gasteiger partial charge on any atom is 0.337 e. The standard InChI is InChI=1S/C13H8ClF2IN2O2/c1-5-2-9(18-4-8(5)17)19-12-6(13(20)21)3-7(14)10(15)11(12)16/h2-4H,1H3,(H,18,19)(H,20,21). The van der Waals surface area contributed by atoms with Crippen molar-refractivity contribution < 1.29 is 18.7 Å². The number of hydrogen-bond donors (Lipinski definition) is 2. The number of rotatable bonds is 3. The summed E-state index contributed by atoms with van der Waals surface area (Å²) in [4.78, 5) is 15.1. The van der Waals surface area contributed by atoms with Gasteiger partial charge in [0, 0.05) is 9.77 Å². The van der Waals surface area contributed by atoms with Crippen LogP contribution in [0.15, 0.2) is 18.3 Å². The molecule has 0 atom stereocenters. The maximum atomic E-state index is 13.9. The molecule has 0 fully saturated rings. The van der Waals surface area contributed by atoms with Crippen LogP contribution in [0, 0.1) is 22.1 Å². The molecule has 0 unspecified atom stereocenters. The second-order valence-electron chi connectivity index (χ2n) is 4.16. The van der Waals surface area contributed by atoms with Crippen LogP contribution in [0.3, 0.4) is 0 Å². The number of aromatic nitrogens is 1. The molecule has 2 rings (SSSR count). The fraction of sp³-hybridized carbons (Fsp3) is 0.0769. The van der Waals surface area contributed by atoms with E-state index in [1.165, 1.54) is 6.20 Å². The first-order valence-corrected chi connectivity index (χ1v) is 7.07. The predicted octanol–water partition coefficient (Wildman–Crippen LogP) is 4.37. The third-order valence-corrected chi connectivity index (χ3v) is 4.10. The lowest BCUT2D eigenvalue weighted by Gasteiger charge is -2.12. The number of halogens is 4. The molecule has 1 aromatic heterocycles. The van der Waals surface area contributed by atoms with Gasteiger partial charge in [0.2, 0.25) is 0 Å². The number of carboxylic acids is 1. The van der Waals surface area contributed by atoms with Gasteiger partial charge in [0.1, 0.15) is 5.82 Å². The lowest BCUT2D eigenvalue weighted by atomic mass is 10.1. The molecule has 4 nitrogen and oxygen atoms in total. The lowest BCUT2D eigenvalue weighted by molar-refractivity contribution is 0.0697. The van der Waals surface area contributed by atoms with Crippen molar-refractivity contribution in [2.45, 2.75) is 6.92 Å². The van der Waals surface area contributed by atoms with E-state index in [4.69, 9.17) is 16.7 Å². The molecule has 0 aliphatic heterocycles. The van der Waals surface area contributed by atoms with Gasteiger partial charge in [0.25, 0.3) is 0 Å². The fourth-order valence-electron chi connectivity index (χ4n) is 1.62. The zero-order valence-corrected chi connectivity index (χ0v) is 13.5. The van der Waals surface area contributed by atoms with Crippen molar-refractivity contribution in [2.75, 3.05) is 5.32 Å². The summed E-state index contributed by atoms with van der Waals surface area (Å²) >= 11 is 7.53. The lowest BCUT2D eigenvalue weighted by Crippen LogP contribution is -2.08. The number of aromatic carboxylic acids is 1. The van der Waals surface area contributed by atoms with Crippen LogP contribution in [0.25, 0.3) is 0 Å². The summed E-state index contributed by atoms with van der Waals surface area (Å²) in [5.74, 6) is -3.90. The van der Waals surface area contributed by atoms with Crippen molar-refractivity contribution in [3.63, 3.8) is 0 Å². The Labute approximate surface area is 137 Å². The van der Waals surface area contributed by atoms with Crippen LogP contribution < -0.4 is 5.32 Å². The SMILES string of the molecule is Cc1cc(Nc2c(C(=O)O)cc(Cl)c(F)c2F)ncc1I. The van der Waals surface area contributed by atoms with Gasteiger partial charge in [-0.1, -0.05) is 11.6 Å². The molecule has 0 radical (unpaired) electrons. The minimum Gasteiger partial charge on any atom is -0.478 e. The van der Waals surface area contributed by atoms with Gasteiger partial charge < -0.3 is 10.4 Å². The van der Waals surface area contributed by atoms with E-state index >= 15 is 0 Å². The van der Waals surface area contributed by atoms with Crippen LogP contribution in [0.1, 0.15) is 15.9 Å². The molecule has 2 N–H and O–H groups in total. The highest BCUT2D eigenvalue weighted by Gasteiger charge is 2.22. The molecular weight excluding hydrogens is 417 g/mol. The Morgan fingerprint density at radius 3 is 2.62 bits per heavy atom. The van der Waals surface area contributed by atoms with E-state index in [1.54, 1.807) is 6.07 Å². The maximum absolute atomic E-state index is 13.9. The van der Waals surface area contributed by atoms with Gasteiger partial charge in [0.05, 0.1) is 16.3 Å². The van der Waals surface area contributed by atoms with E-state index in [0.717, 1.165) is 15.2 Å². The number of anilines is 2. The molecule has 0 saturated heterocycles. The fourth-order valence-corrected chi connectivity index (χ4v) is 2.11. The van der Waals surface area contributed by atoms with Crippen LogP contribution in [0.2, 0.25) is 5.02 Å². The summed E-state index contributed by atoms with van der Waals surface area (Å²) in [6, 6.07) is 2.45. The molecule has 2 aromatic rings. The first-order chi connectivity index (χ1) is 9.81. The molecule has 0 spiro atoms. The second-order valence-corrected chi connectivity index (χ2v) is 5.73. The van der Waals surface area contributed by atoms with E-state index in [2.05, 4.69) is 32.9 Å². The molecule has 0 aliphatic rings. The van der Waals surface area contributed by atoms with E-state index in [1.807, 2.05) is 6.92 Å². The Morgan fingerprint density at radius 1 is 1.38 bits per heavy atom. The quantitative estimate of drug-likeness (QED) is 0.567. The largest absolute Gasteiger partial charge is 0.478 e. The Balaban J connectivity index is 2.54. The third-order valence-electron chi connectivity index (χ3n) is 2.69. The van der Waals surface area contributed by atoms with Gasteiger partial charge in [0.15, 0.2) is 11.6 Å². The number of pyridine rings is 1. The van der Waals surface area contributed by atoms with E-state index in [9.17, 15) is 13.6 Å². The van der Waals surface area contributed by atoms with Crippen molar-refractivity contribution in [3.8, 4) is 0 Å². The van der Waals surface area contributed by atoms with Crippen LogP contribution in [-0.4, -0.2) is 16.1 Å². The second kappa shape index (κ2) is 6.10. The van der Waals surface area contributed by atoms with Gasteiger partial charge in [-0.25, -0.2) is 18.6 Å². The molecule has 0 aliphatic carbocycles. The van der Waals surface area contributed by atoms with Gasteiger partial charge in [-0.3, -0.25) is 0 Å². The third kappa shape index (κ3) is 3.24. The van der Waals surface area contributed by atoms with Gasteiger partial charge >= 0.3 is 5.97 Å². The number of benzene rings is 1. The van der Waals surface area contributed by atoms with Crippen LogP contribution in [-0.2, 0) is 0 Å². The van der Waals surface area contributed by atoms with E-state index in [0.29, 0.717) is 0 Å². The van der Waals surface area contributed by atoms with Gasteiger partial charge in [-0.05, 0) is 47.2 Å². The number of carboxylic acid groups (broad SMARTS) is 1. The summed E-state index contributed by atoms with van der Waals surface area (Å²) in [7, 11) is 0. The molecule has 0 saturated carbocycles. The number of aryl methyl sites for hydroxylation is 1. The predicted molar refractivity (Wildman–Crippen MR) is 83.3 cm³/mol. The molecular formula is C13H8ClF2IN2O2. The minimum absolute atomic E-state index is 0.205. The van der Waals surface area contributed by atoms with Crippen LogP contribution >= 0.6 is 34.2 Å². The van der Waals surface area contributed by atoms with E-state index in [-0.39, 0.29) is 5.82 Å². The Kier molecular flexibility index (Phi) is 4.62. The number of nitrogens with zero attached hydrogens (tertiary/aromatic N) is 1. The molecule has 110 valence electrons. The topological polar surface area (TPSA) is 62.2 Å². The number of hydrogen-bond acceptors (Lipinski definition) is 3. The van der Waals surface area contributed by atoms with Crippen LogP contribution in [0.5, 0.6) is 0 Å². The average Bonchev–Trinajstić information content (AvgIpc) is 2.43. The summed E-state index contributed by atoms with van der Waals surface area (Å²) in [6.07, 6.45) is 1.53. The summed E-state index contributed by atoms with van der Waals surface area (Å²) < 4.78 is 28.3.